The van der Waals surface area contributed by atoms with E-state index in [1.54, 1.807) is 38.5 Å². The minimum Gasteiger partial charge on any atom is -0.389 e. The van der Waals surface area contributed by atoms with Crippen LogP contribution in [0.3, 0.4) is 0 Å². The van der Waals surface area contributed by atoms with Crippen LogP contribution in [0.1, 0.15) is 78.2 Å². The van der Waals surface area contributed by atoms with Gasteiger partial charge in [-0.3, -0.25) is 4.18 Å². The van der Waals surface area contributed by atoms with Gasteiger partial charge >= 0.3 is 0 Å². The number of rotatable bonds is 10. The summed E-state index contributed by atoms with van der Waals surface area (Å²) >= 11 is 0. The predicted octanol–water partition coefficient (Wildman–Crippen LogP) is 5.19. The molecule has 0 bridgehead atoms. The normalized spacial score (nSPS) is 43.3. The molecular weight excluding hydrogens is 612 g/mol. The van der Waals surface area contributed by atoms with Crippen LogP contribution in [0.5, 0.6) is 0 Å². The highest BCUT2D eigenvalue weighted by atomic mass is 32.2. The van der Waals surface area contributed by atoms with Crippen molar-refractivity contribution < 1.29 is 46.1 Å². The van der Waals surface area contributed by atoms with Crippen molar-refractivity contribution in [3.63, 3.8) is 0 Å². The Kier molecular flexibility index (Phi) is 9.29. The molecule has 46 heavy (non-hydrogen) atoms. The van der Waals surface area contributed by atoms with Gasteiger partial charge in [-0.05, 0) is 95.6 Å². The van der Waals surface area contributed by atoms with E-state index >= 15 is 0 Å². The number of fused-ring (bicyclic) bond motifs is 3. The van der Waals surface area contributed by atoms with Crippen molar-refractivity contribution in [3.8, 4) is 0 Å². The van der Waals surface area contributed by atoms with Crippen LogP contribution in [0.15, 0.2) is 29.2 Å². The second-order valence-corrected chi connectivity index (χ2v) is 17.2. The van der Waals surface area contributed by atoms with Crippen LogP contribution in [0.4, 0.5) is 0 Å². The van der Waals surface area contributed by atoms with E-state index in [-0.39, 0.29) is 55.0 Å². The van der Waals surface area contributed by atoms with Crippen molar-refractivity contribution in [1.82, 2.24) is 0 Å². The van der Waals surface area contributed by atoms with Crippen LogP contribution in [0.2, 0.25) is 0 Å². The van der Waals surface area contributed by atoms with Gasteiger partial charge in [-0.1, -0.05) is 31.5 Å². The third-order valence-corrected chi connectivity index (χ3v) is 13.9. The van der Waals surface area contributed by atoms with Gasteiger partial charge in [-0.2, -0.15) is 8.42 Å². The van der Waals surface area contributed by atoms with E-state index in [0.29, 0.717) is 38.2 Å². The zero-order valence-electron chi connectivity index (χ0n) is 28.6. The molecule has 0 amide bonds. The van der Waals surface area contributed by atoms with Gasteiger partial charge in [0.25, 0.3) is 10.1 Å². The monoisotopic (exact) mass is 666 g/mol. The molecule has 2 unspecified atom stereocenters. The van der Waals surface area contributed by atoms with E-state index in [4.69, 9.17) is 32.6 Å². The third kappa shape index (κ3) is 5.40. The van der Waals surface area contributed by atoms with Gasteiger partial charge in [0.2, 0.25) is 0 Å². The molecule has 5 aliphatic rings. The van der Waals surface area contributed by atoms with Gasteiger partial charge < -0.3 is 33.5 Å². The first-order valence-electron chi connectivity index (χ1n) is 16.9. The van der Waals surface area contributed by atoms with Gasteiger partial charge in [0.1, 0.15) is 13.6 Å². The van der Waals surface area contributed by atoms with E-state index < -0.39 is 37.9 Å². The molecule has 1 spiro atoms. The molecule has 0 radical (unpaired) electrons. The smallest absolute Gasteiger partial charge is 0.296 e. The molecule has 5 fully saturated rings. The second-order valence-electron chi connectivity index (χ2n) is 15.5. The van der Waals surface area contributed by atoms with Crippen LogP contribution in [-0.2, 0) is 42.7 Å². The summed E-state index contributed by atoms with van der Waals surface area (Å²) in [6, 6.07) is 6.73. The van der Waals surface area contributed by atoms with E-state index in [1.165, 1.54) is 0 Å². The molecule has 1 aromatic rings. The molecule has 260 valence electrons. The van der Waals surface area contributed by atoms with Crippen molar-refractivity contribution in [2.45, 2.75) is 114 Å². The molecule has 0 aromatic heterocycles. The first-order valence-corrected chi connectivity index (χ1v) is 18.3. The lowest BCUT2D eigenvalue weighted by atomic mass is 9.39. The highest BCUT2D eigenvalue weighted by Crippen LogP contribution is 2.72. The lowest BCUT2D eigenvalue weighted by Gasteiger charge is -2.71. The Morgan fingerprint density at radius 2 is 1.72 bits per heavy atom. The number of aryl methyl sites for hydroxylation is 1. The topological polar surface area (TPSA) is 119 Å². The summed E-state index contributed by atoms with van der Waals surface area (Å²) in [4.78, 5) is 0.150. The fourth-order valence-electron chi connectivity index (χ4n) is 10.6. The molecule has 4 aliphatic carbocycles. The number of ether oxygens (including phenoxy) is 6. The number of benzene rings is 1. The maximum atomic E-state index is 13.3. The summed E-state index contributed by atoms with van der Waals surface area (Å²) in [5.41, 5.74) is -1.93. The minimum atomic E-state index is -3.96. The van der Waals surface area contributed by atoms with Gasteiger partial charge in [-0.15, -0.1) is 0 Å². The predicted molar refractivity (Wildman–Crippen MR) is 169 cm³/mol. The fraction of sp³-hybridized carbons (Fsp3) is 0.829. The maximum Gasteiger partial charge on any atom is 0.296 e. The summed E-state index contributed by atoms with van der Waals surface area (Å²) in [7, 11) is -0.710. The van der Waals surface area contributed by atoms with Crippen molar-refractivity contribution in [3.05, 3.63) is 29.8 Å². The first kappa shape index (κ1) is 34.7. The van der Waals surface area contributed by atoms with Gasteiger partial charge in [0.05, 0.1) is 46.9 Å². The van der Waals surface area contributed by atoms with Crippen LogP contribution in [-0.4, -0.2) is 83.7 Å². The molecule has 10 nitrogen and oxygen atoms in total. The number of hydrogen-bond donors (Lipinski definition) is 1. The molecule has 1 aliphatic heterocycles. The number of hydrogen-bond acceptors (Lipinski definition) is 10. The minimum absolute atomic E-state index is 0.0356. The first-order chi connectivity index (χ1) is 21.7. The number of aliphatic hydroxyl groups is 1. The standard InChI is InChI=1S/C35H54O10S/c1-23-8-10-26(11-9-23)46(37,38)44-19-25-12-15-35(43-22-40-7)27-13-14-33(36)17-24(2)16-29-34(33,20-42-31(3,4)45-29)30(27)28(41-21-39-6)18-32(25,35)5/h8-11,24-25,27-30,36H,12-22H2,1-7H3/t24-,25+,27?,28+,29+,30?,32+,33-,34+,35-/m0/s1. The SMILES string of the molecule is COCO[C@@H]1C[C@]2(C)[C@@H](COS(=O)(=O)c3ccc(C)cc3)CC[C@]2(OCOC)C2CC[C@]3(O)C[C@@H](C)C[C@H]4OC(C)(C)OC[C@]43C21. The fourth-order valence-corrected chi connectivity index (χ4v) is 11.6. The van der Waals surface area contributed by atoms with E-state index in [0.717, 1.165) is 24.8 Å². The molecule has 1 N–H and O–H groups in total. The van der Waals surface area contributed by atoms with Crippen LogP contribution < -0.4 is 0 Å². The highest BCUT2D eigenvalue weighted by molar-refractivity contribution is 7.86. The molecule has 6 rings (SSSR count). The Morgan fingerprint density at radius 1 is 1.00 bits per heavy atom. The average Bonchev–Trinajstić information content (AvgIpc) is 3.27. The van der Waals surface area contributed by atoms with Crippen LogP contribution in [0.25, 0.3) is 0 Å². The van der Waals surface area contributed by atoms with Crippen molar-refractivity contribution in [2.24, 2.45) is 34.5 Å². The summed E-state index contributed by atoms with van der Waals surface area (Å²) in [6.45, 7) is 10.8. The quantitative estimate of drug-likeness (QED) is 0.264. The molecule has 1 heterocycles. The summed E-state index contributed by atoms with van der Waals surface area (Å²) in [6.07, 6.45) is 4.29. The van der Waals surface area contributed by atoms with E-state index in [2.05, 4.69) is 13.8 Å². The summed E-state index contributed by atoms with van der Waals surface area (Å²) < 4.78 is 70.2. The largest absolute Gasteiger partial charge is 0.389 e. The number of methoxy groups -OCH3 is 2. The van der Waals surface area contributed by atoms with Gasteiger partial charge in [-0.25, -0.2) is 0 Å². The maximum absolute atomic E-state index is 13.3. The Morgan fingerprint density at radius 3 is 2.41 bits per heavy atom. The molecule has 1 saturated heterocycles. The van der Waals surface area contributed by atoms with Crippen LogP contribution >= 0.6 is 0 Å². The second kappa shape index (κ2) is 12.3. The van der Waals surface area contributed by atoms with Crippen molar-refractivity contribution in [2.75, 3.05) is 41.0 Å². The van der Waals surface area contributed by atoms with E-state index in [1.807, 2.05) is 20.8 Å². The molecule has 4 saturated carbocycles. The Hall–Kier alpha value is -1.15. The molecule has 1 aromatic carbocycles. The zero-order chi connectivity index (χ0) is 33.2. The van der Waals surface area contributed by atoms with Gasteiger partial charge in [0, 0.05) is 25.6 Å². The highest BCUT2D eigenvalue weighted by Gasteiger charge is 2.77. The Labute approximate surface area is 274 Å². The van der Waals surface area contributed by atoms with Gasteiger partial charge in [0.15, 0.2) is 5.79 Å². The van der Waals surface area contributed by atoms with E-state index in [9.17, 15) is 13.5 Å². The Bertz CT molecular complexity index is 1350. The molecular formula is C35H54O10S. The van der Waals surface area contributed by atoms with Crippen LogP contribution in [0, 0.1) is 41.4 Å². The molecule has 10 atom stereocenters. The average molecular weight is 667 g/mol. The lowest BCUT2D eigenvalue weighted by Crippen LogP contribution is -2.78. The van der Waals surface area contributed by atoms with Crippen molar-refractivity contribution in [1.29, 1.82) is 0 Å². The summed E-state index contributed by atoms with van der Waals surface area (Å²) in [5.74, 6) is -0.793. The zero-order valence-corrected chi connectivity index (χ0v) is 29.4. The third-order valence-electron chi connectivity index (χ3n) is 12.7. The summed E-state index contributed by atoms with van der Waals surface area (Å²) in [5, 5.41) is 12.7. The molecule has 11 heteroatoms. The lowest BCUT2D eigenvalue weighted by molar-refractivity contribution is -0.405. The van der Waals surface area contributed by atoms with Crippen molar-refractivity contribution >= 4 is 10.1 Å². The Balaban J connectivity index is 1.40.